The van der Waals surface area contributed by atoms with Gasteiger partial charge in [0.15, 0.2) is 5.96 Å². The molecule has 0 aliphatic heterocycles. The summed E-state index contributed by atoms with van der Waals surface area (Å²) >= 11 is 0. The second-order valence-corrected chi connectivity index (χ2v) is 7.88. The van der Waals surface area contributed by atoms with E-state index in [1.807, 2.05) is 42.5 Å². The van der Waals surface area contributed by atoms with E-state index in [2.05, 4.69) is 20.9 Å². The van der Waals surface area contributed by atoms with Gasteiger partial charge in [-0.2, -0.15) is 0 Å². The number of carbonyl (C=O) groups is 1. The van der Waals surface area contributed by atoms with E-state index in [1.165, 1.54) is 12.8 Å². The maximum absolute atomic E-state index is 11.8. The number of hydrogen-bond acceptors (Lipinski definition) is 4. The van der Waals surface area contributed by atoms with E-state index in [0.717, 1.165) is 47.8 Å². The van der Waals surface area contributed by atoms with E-state index < -0.39 is 0 Å². The number of amides is 1. The van der Waals surface area contributed by atoms with Crippen LogP contribution in [0.2, 0.25) is 0 Å². The van der Waals surface area contributed by atoms with Gasteiger partial charge in [-0.25, -0.2) is 0 Å². The van der Waals surface area contributed by atoms with Crippen LogP contribution < -0.4 is 25.4 Å². The smallest absolute Gasteiger partial charge is 0.251 e. The van der Waals surface area contributed by atoms with Gasteiger partial charge in [0, 0.05) is 44.4 Å². The van der Waals surface area contributed by atoms with Crippen molar-refractivity contribution in [2.24, 2.45) is 4.99 Å². The molecule has 180 valence electrons. The first-order valence-corrected chi connectivity index (χ1v) is 11.2. The Morgan fingerprint density at radius 2 is 1.91 bits per heavy atom. The molecule has 0 heterocycles. The van der Waals surface area contributed by atoms with E-state index in [0.29, 0.717) is 18.7 Å². The molecule has 0 spiro atoms. The molecule has 0 saturated heterocycles. The molecule has 2 aromatic rings. The zero-order chi connectivity index (χ0) is 22.8. The molecule has 3 rings (SSSR count). The Balaban J connectivity index is 0.00000385. The van der Waals surface area contributed by atoms with Crippen molar-refractivity contribution in [2.45, 2.75) is 44.8 Å². The van der Waals surface area contributed by atoms with Crippen LogP contribution in [0, 0.1) is 0 Å². The first-order chi connectivity index (χ1) is 15.6. The second kappa shape index (κ2) is 13.9. The predicted molar refractivity (Wildman–Crippen MR) is 143 cm³/mol. The molecule has 0 radical (unpaired) electrons. The van der Waals surface area contributed by atoms with E-state index in [4.69, 9.17) is 9.47 Å². The molecule has 1 aliphatic carbocycles. The first-order valence-electron chi connectivity index (χ1n) is 11.2. The molecule has 33 heavy (non-hydrogen) atoms. The Morgan fingerprint density at radius 1 is 1.12 bits per heavy atom. The molecule has 3 N–H and O–H groups in total. The third kappa shape index (κ3) is 8.10. The number of halogens is 1. The summed E-state index contributed by atoms with van der Waals surface area (Å²) < 4.78 is 11.7. The summed E-state index contributed by atoms with van der Waals surface area (Å²) in [6.45, 7) is 1.29. The molecular weight excluding hydrogens is 531 g/mol. The van der Waals surface area contributed by atoms with Gasteiger partial charge in [-0.15, -0.1) is 24.0 Å². The monoisotopic (exact) mass is 566 g/mol. The van der Waals surface area contributed by atoms with Crippen LogP contribution in [0.1, 0.15) is 47.2 Å². The van der Waals surface area contributed by atoms with Gasteiger partial charge < -0.3 is 25.4 Å². The number of guanidine groups is 1. The fourth-order valence-corrected chi connectivity index (χ4v) is 3.84. The minimum atomic E-state index is -0.0765. The molecule has 1 fully saturated rings. The number of carbonyl (C=O) groups excluding carboxylic acids is 1. The summed E-state index contributed by atoms with van der Waals surface area (Å²) in [6.07, 6.45) is 5.73. The second-order valence-electron chi connectivity index (χ2n) is 7.88. The number of nitrogens with zero attached hydrogens (tertiary/aromatic N) is 1. The quantitative estimate of drug-likeness (QED) is 0.244. The highest BCUT2D eigenvalue weighted by Crippen LogP contribution is 2.30. The number of aliphatic imine (C=N–C) groups is 1. The fourth-order valence-electron chi connectivity index (χ4n) is 3.84. The minimum absolute atomic E-state index is 0. The van der Waals surface area contributed by atoms with Crippen LogP contribution in [-0.4, -0.2) is 45.7 Å². The van der Waals surface area contributed by atoms with Crippen LogP contribution in [0.15, 0.2) is 47.5 Å². The van der Waals surface area contributed by atoms with Crippen molar-refractivity contribution >= 4 is 35.8 Å². The summed E-state index contributed by atoms with van der Waals surface area (Å²) in [5.74, 6) is 2.30. The van der Waals surface area contributed by atoms with Crippen molar-refractivity contribution in [3.05, 3.63) is 59.2 Å². The molecule has 2 aromatic carbocycles. The Labute approximate surface area is 213 Å². The van der Waals surface area contributed by atoms with Crippen LogP contribution in [0.4, 0.5) is 0 Å². The molecule has 0 bridgehead atoms. The molecule has 1 amide bonds. The number of rotatable bonds is 9. The standard InChI is InChI=1S/C25H34N4O3.HI/c1-26-24(30)19-8-6-7-18(15-19)13-14-28-25(27-2)29-17-20-11-12-22(31-3)16-23(20)32-21-9-4-5-10-21;/h6-8,11-12,15-16,21H,4-5,9-10,13-14,17H2,1-3H3,(H,26,30)(H2,27,28,29);1H. The van der Waals surface area contributed by atoms with Gasteiger partial charge in [-0.1, -0.05) is 12.1 Å². The highest BCUT2D eigenvalue weighted by Gasteiger charge is 2.18. The Hall–Kier alpha value is -2.49. The molecule has 1 aliphatic rings. The molecule has 0 aromatic heterocycles. The topological polar surface area (TPSA) is 84.0 Å². The van der Waals surface area contributed by atoms with Gasteiger partial charge in [0.25, 0.3) is 5.91 Å². The molecule has 8 heteroatoms. The number of ether oxygens (including phenoxy) is 2. The molecular formula is C25H35IN4O3. The lowest BCUT2D eigenvalue weighted by atomic mass is 10.1. The van der Waals surface area contributed by atoms with Crippen LogP contribution in [0.3, 0.4) is 0 Å². The van der Waals surface area contributed by atoms with Crippen molar-refractivity contribution in [3.8, 4) is 11.5 Å². The normalized spacial score (nSPS) is 13.7. The molecule has 7 nitrogen and oxygen atoms in total. The highest BCUT2D eigenvalue weighted by molar-refractivity contribution is 14.0. The van der Waals surface area contributed by atoms with Crippen molar-refractivity contribution in [1.29, 1.82) is 0 Å². The summed E-state index contributed by atoms with van der Waals surface area (Å²) in [5.41, 5.74) is 2.83. The molecule has 0 unspecified atom stereocenters. The van der Waals surface area contributed by atoms with Crippen LogP contribution in [0.25, 0.3) is 0 Å². The summed E-state index contributed by atoms with van der Waals surface area (Å²) in [5, 5.41) is 9.36. The van der Waals surface area contributed by atoms with E-state index in [1.54, 1.807) is 21.2 Å². The highest BCUT2D eigenvalue weighted by atomic mass is 127. The van der Waals surface area contributed by atoms with Crippen molar-refractivity contribution in [3.63, 3.8) is 0 Å². The van der Waals surface area contributed by atoms with Crippen molar-refractivity contribution in [2.75, 3.05) is 27.7 Å². The average molecular weight is 566 g/mol. The third-order valence-corrected chi connectivity index (χ3v) is 5.66. The zero-order valence-electron chi connectivity index (χ0n) is 19.6. The van der Waals surface area contributed by atoms with Crippen LogP contribution in [-0.2, 0) is 13.0 Å². The van der Waals surface area contributed by atoms with Gasteiger partial charge in [0.2, 0.25) is 0 Å². The average Bonchev–Trinajstić information content (AvgIpc) is 3.34. The predicted octanol–water partition coefficient (Wildman–Crippen LogP) is 3.90. The van der Waals surface area contributed by atoms with Crippen molar-refractivity contribution < 1.29 is 14.3 Å². The third-order valence-electron chi connectivity index (χ3n) is 5.66. The van der Waals surface area contributed by atoms with E-state index in [-0.39, 0.29) is 36.0 Å². The minimum Gasteiger partial charge on any atom is -0.497 e. The lowest BCUT2D eigenvalue weighted by Crippen LogP contribution is -2.38. The lowest BCUT2D eigenvalue weighted by molar-refractivity contribution is 0.0963. The first kappa shape index (κ1) is 26.8. The van der Waals surface area contributed by atoms with E-state index in [9.17, 15) is 4.79 Å². The SMILES string of the molecule is CN=C(NCCc1cccc(C(=O)NC)c1)NCc1ccc(OC)cc1OC1CCCC1.I. The maximum atomic E-state index is 11.8. The maximum Gasteiger partial charge on any atom is 0.251 e. The number of benzene rings is 2. The largest absolute Gasteiger partial charge is 0.497 e. The van der Waals surface area contributed by atoms with Gasteiger partial charge in [0.05, 0.1) is 13.2 Å². The summed E-state index contributed by atoms with van der Waals surface area (Å²) in [4.78, 5) is 16.1. The fraction of sp³-hybridized carbons (Fsp3) is 0.440. The number of nitrogens with one attached hydrogen (secondary N) is 3. The van der Waals surface area contributed by atoms with E-state index >= 15 is 0 Å². The van der Waals surface area contributed by atoms with Crippen molar-refractivity contribution in [1.82, 2.24) is 16.0 Å². The lowest BCUT2D eigenvalue weighted by Gasteiger charge is -2.19. The molecule has 1 saturated carbocycles. The zero-order valence-corrected chi connectivity index (χ0v) is 22.0. The Morgan fingerprint density at radius 3 is 2.61 bits per heavy atom. The van der Waals surface area contributed by atoms with Gasteiger partial charge >= 0.3 is 0 Å². The summed E-state index contributed by atoms with van der Waals surface area (Å²) in [7, 11) is 5.06. The van der Waals surface area contributed by atoms with Gasteiger partial charge in [0.1, 0.15) is 11.5 Å². The summed E-state index contributed by atoms with van der Waals surface area (Å²) in [6, 6.07) is 13.6. The Bertz CT molecular complexity index is 930. The van der Waals surface area contributed by atoms with Gasteiger partial charge in [-0.3, -0.25) is 9.79 Å². The molecule has 0 atom stereocenters. The van der Waals surface area contributed by atoms with Crippen LogP contribution in [0.5, 0.6) is 11.5 Å². The van der Waals surface area contributed by atoms with Gasteiger partial charge in [-0.05, 0) is 61.9 Å². The van der Waals surface area contributed by atoms with Crippen LogP contribution >= 0.6 is 24.0 Å². The number of methoxy groups -OCH3 is 1. The number of hydrogen-bond donors (Lipinski definition) is 3. The Kier molecular flexibility index (Phi) is 11.3.